The Morgan fingerprint density at radius 1 is 1.12 bits per heavy atom. The minimum atomic E-state index is -2.89. The lowest BCUT2D eigenvalue weighted by Crippen LogP contribution is -2.70. The molecule has 0 aromatic heterocycles. The molecule has 6 atom stereocenters. The summed E-state index contributed by atoms with van der Waals surface area (Å²) in [6.07, 6.45) is -1.59. The number of primary amides is 1. The van der Waals surface area contributed by atoms with Gasteiger partial charge in [-0.15, -0.1) is 0 Å². The topological polar surface area (TPSA) is 182 Å². The number of phenolic OH excluding ortho intramolecular Hbond substituents is 1. The highest BCUT2D eigenvalue weighted by molar-refractivity contribution is 6.24. The summed E-state index contributed by atoms with van der Waals surface area (Å²) >= 11 is 0. The molecular weight excluding hydrogens is 444 g/mol. The number of carbonyl (C=O) groups excluding carboxylic acids is 3. The van der Waals surface area contributed by atoms with Crippen LogP contribution in [0.25, 0.3) is 5.76 Å². The van der Waals surface area contributed by atoms with E-state index in [1.165, 1.54) is 25.1 Å². The van der Waals surface area contributed by atoms with Crippen LogP contribution in [0.5, 0.6) is 5.75 Å². The second-order valence-corrected chi connectivity index (χ2v) is 8.79. The molecule has 0 heterocycles. The number of fused-ring (bicyclic) bond motifs is 3. The zero-order valence-electron chi connectivity index (χ0n) is 19.6. The first-order valence-electron chi connectivity index (χ1n) is 11.0. The number of hydrogen-bond acceptors (Lipinski definition) is 9. The lowest BCUT2D eigenvalue weighted by molar-refractivity contribution is -0.169. The van der Waals surface area contributed by atoms with E-state index in [2.05, 4.69) is 0 Å². The number of aromatic hydroxyl groups is 1. The van der Waals surface area contributed by atoms with Gasteiger partial charge in [0.1, 0.15) is 22.8 Å². The van der Waals surface area contributed by atoms with Gasteiger partial charge >= 0.3 is 0 Å². The van der Waals surface area contributed by atoms with Gasteiger partial charge in [0, 0.05) is 11.5 Å². The maximum absolute atomic E-state index is 13.7. The Morgan fingerprint density at radius 2 is 1.71 bits per heavy atom. The fourth-order valence-corrected chi connectivity index (χ4v) is 5.58. The lowest BCUT2D eigenvalue weighted by Gasteiger charge is -2.53. The van der Waals surface area contributed by atoms with Crippen molar-refractivity contribution in [1.82, 2.24) is 4.90 Å². The molecule has 3 aliphatic carbocycles. The zero-order chi connectivity index (χ0) is 25.9. The number of carbonyl (C=O) groups is 3. The van der Waals surface area contributed by atoms with E-state index in [0.29, 0.717) is 5.56 Å². The Kier molecular flexibility index (Phi) is 6.38. The number of ketones is 2. The zero-order valence-corrected chi connectivity index (χ0v) is 19.6. The summed E-state index contributed by atoms with van der Waals surface area (Å²) in [5.74, 6) is -8.87. The van der Waals surface area contributed by atoms with Gasteiger partial charge in [0.2, 0.25) is 5.78 Å². The molecule has 1 fully saturated rings. The summed E-state index contributed by atoms with van der Waals surface area (Å²) in [5.41, 5.74) is 1.47. The van der Waals surface area contributed by atoms with Crippen LogP contribution in [0.3, 0.4) is 0 Å². The quantitative estimate of drug-likeness (QED) is 0.333. The van der Waals surface area contributed by atoms with Crippen molar-refractivity contribution >= 4 is 23.2 Å². The standard InChI is InChI=1S/C22H24N2O8.C2H6/c1-7-8-5-4-6-9(25)11(8)16(26)12-10(7)17(27)14-15(24(2)3)18(28)13(21(23)31)20(30)22(14,32)19(12)29;1-2/h4-7,10,14-15,17,25-27,30,32H,1-3H3,(H2,23,31);1-2H3/t7?,10?,14?,15?,17?,22-;/m0./s1. The number of rotatable bonds is 2. The van der Waals surface area contributed by atoms with Gasteiger partial charge in [-0.25, -0.2) is 0 Å². The van der Waals surface area contributed by atoms with Crippen LogP contribution in [0.1, 0.15) is 37.8 Å². The first kappa shape index (κ1) is 25.4. The molecule has 0 spiro atoms. The number of aliphatic hydroxyl groups is 4. The molecule has 0 aliphatic heterocycles. The van der Waals surface area contributed by atoms with E-state index in [0.717, 1.165) is 0 Å². The molecule has 0 radical (unpaired) electrons. The average molecular weight is 475 g/mol. The Balaban J connectivity index is 0.00000158. The SMILES string of the molecule is CC.CC1c2cccc(O)c2C(O)=C2C(=O)[C@]3(O)C(O)=C(C(N)=O)C(=O)C(N(C)C)C3C(O)C21. The van der Waals surface area contributed by atoms with Crippen LogP contribution in [0.2, 0.25) is 0 Å². The van der Waals surface area contributed by atoms with E-state index in [1.807, 2.05) is 13.8 Å². The van der Waals surface area contributed by atoms with Gasteiger partial charge in [0.15, 0.2) is 11.4 Å². The van der Waals surface area contributed by atoms with Gasteiger partial charge < -0.3 is 31.3 Å². The number of aliphatic hydroxyl groups excluding tert-OH is 3. The third-order valence-corrected chi connectivity index (χ3v) is 6.99. The van der Waals surface area contributed by atoms with Crippen LogP contribution in [0.15, 0.2) is 35.1 Å². The maximum Gasteiger partial charge on any atom is 0.255 e. The lowest BCUT2D eigenvalue weighted by atomic mass is 9.54. The molecular formula is C24H30N2O8. The molecule has 1 aromatic rings. The van der Waals surface area contributed by atoms with E-state index < -0.39 is 75.6 Å². The summed E-state index contributed by atoms with van der Waals surface area (Å²) in [7, 11) is 2.92. The normalized spacial score (nSPS) is 32.5. The van der Waals surface area contributed by atoms with Crippen molar-refractivity contribution in [2.24, 2.45) is 17.6 Å². The molecule has 1 aromatic carbocycles. The minimum absolute atomic E-state index is 0.0245. The molecule has 10 heteroatoms. The minimum Gasteiger partial charge on any atom is -0.508 e. The molecule has 1 amide bonds. The van der Waals surface area contributed by atoms with E-state index in [9.17, 15) is 39.9 Å². The van der Waals surface area contributed by atoms with Crippen molar-refractivity contribution < 1.29 is 39.9 Å². The van der Waals surface area contributed by atoms with E-state index in [4.69, 9.17) is 5.73 Å². The molecule has 7 N–H and O–H groups in total. The molecule has 0 saturated heterocycles. The fraction of sp³-hybridized carbons (Fsp3) is 0.458. The molecule has 0 bridgehead atoms. The summed E-state index contributed by atoms with van der Waals surface area (Å²) in [6, 6.07) is 3.13. The highest BCUT2D eigenvalue weighted by Gasteiger charge is 2.68. The molecule has 10 nitrogen and oxygen atoms in total. The molecule has 5 unspecified atom stereocenters. The Labute approximate surface area is 196 Å². The molecule has 184 valence electrons. The fourth-order valence-electron chi connectivity index (χ4n) is 5.58. The Hall–Kier alpha value is -3.21. The second kappa shape index (κ2) is 8.53. The number of nitrogens with zero attached hydrogens (tertiary/aromatic N) is 1. The Morgan fingerprint density at radius 3 is 2.24 bits per heavy atom. The van der Waals surface area contributed by atoms with Crippen molar-refractivity contribution in [2.45, 2.75) is 44.4 Å². The molecule has 1 saturated carbocycles. The smallest absolute Gasteiger partial charge is 0.255 e. The van der Waals surface area contributed by atoms with Crippen LogP contribution < -0.4 is 5.73 Å². The number of nitrogens with two attached hydrogens (primary N) is 1. The number of likely N-dealkylation sites (N-methyl/N-ethyl adjacent to an activating group) is 1. The first-order valence-corrected chi connectivity index (χ1v) is 11.0. The van der Waals surface area contributed by atoms with Crippen LogP contribution in [-0.4, -0.2) is 79.7 Å². The molecule has 34 heavy (non-hydrogen) atoms. The van der Waals surface area contributed by atoms with Crippen molar-refractivity contribution in [3.05, 3.63) is 46.2 Å². The van der Waals surface area contributed by atoms with Crippen LogP contribution in [0, 0.1) is 11.8 Å². The first-order chi connectivity index (χ1) is 15.9. The number of benzene rings is 1. The van der Waals surface area contributed by atoms with Gasteiger partial charge in [0.25, 0.3) is 5.91 Å². The van der Waals surface area contributed by atoms with Crippen molar-refractivity contribution in [3.8, 4) is 5.75 Å². The number of phenols is 1. The van der Waals surface area contributed by atoms with Gasteiger partial charge in [-0.2, -0.15) is 0 Å². The summed E-state index contributed by atoms with van der Waals surface area (Å²) in [6.45, 7) is 5.68. The van der Waals surface area contributed by atoms with E-state index in [1.54, 1.807) is 19.1 Å². The highest BCUT2D eigenvalue weighted by Crippen LogP contribution is 2.55. The van der Waals surface area contributed by atoms with Crippen molar-refractivity contribution in [1.29, 1.82) is 0 Å². The summed E-state index contributed by atoms with van der Waals surface area (Å²) in [5, 5.41) is 54.9. The van der Waals surface area contributed by atoms with E-state index in [-0.39, 0.29) is 11.3 Å². The average Bonchev–Trinajstić information content (AvgIpc) is 2.77. The third-order valence-electron chi connectivity index (χ3n) is 6.99. The monoisotopic (exact) mass is 474 g/mol. The predicted octanol–water partition coefficient (Wildman–Crippen LogP) is 0.522. The van der Waals surface area contributed by atoms with Crippen LogP contribution >= 0.6 is 0 Å². The highest BCUT2D eigenvalue weighted by atomic mass is 16.4. The third kappa shape index (κ3) is 3.09. The number of Topliss-reactive ketones (excluding diaryl/α,β-unsaturated/α-hetero) is 2. The summed E-state index contributed by atoms with van der Waals surface area (Å²) in [4.78, 5) is 40.0. The van der Waals surface area contributed by atoms with Gasteiger partial charge in [-0.1, -0.05) is 32.9 Å². The molecule has 3 aliphatic rings. The second-order valence-electron chi connectivity index (χ2n) is 8.79. The van der Waals surface area contributed by atoms with Gasteiger partial charge in [-0.3, -0.25) is 19.3 Å². The van der Waals surface area contributed by atoms with E-state index >= 15 is 0 Å². The van der Waals surface area contributed by atoms with Gasteiger partial charge in [0.05, 0.1) is 23.6 Å². The largest absolute Gasteiger partial charge is 0.508 e. The number of hydrogen-bond donors (Lipinski definition) is 6. The maximum atomic E-state index is 13.7. The summed E-state index contributed by atoms with van der Waals surface area (Å²) < 4.78 is 0. The van der Waals surface area contributed by atoms with Gasteiger partial charge in [-0.05, 0) is 31.6 Å². The van der Waals surface area contributed by atoms with Crippen LogP contribution in [0.4, 0.5) is 0 Å². The Bertz CT molecular complexity index is 1140. The predicted molar refractivity (Wildman–Crippen MR) is 122 cm³/mol. The number of amides is 1. The van der Waals surface area contributed by atoms with Crippen molar-refractivity contribution in [3.63, 3.8) is 0 Å². The van der Waals surface area contributed by atoms with Crippen LogP contribution in [-0.2, 0) is 14.4 Å². The van der Waals surface area contributed by atoms with Crippen molar-refractivity contribution in [2.75, 3.05) is 14.1 Å². The molecule has 4 rings (SSSR count).